The van der Waals surface area contributed by atoms with Gasteiger partial charge in [0.1, 0.15) is 5.75 Å². The van der Waals surface area contributed by atoms with Gasteiger partial charge in [-0.1, -0.05) is 17.7 Å². The Morgan fingerprint density at radius 3 is 2.75 bits per heavy atom. The third-order valence-corrected chi connectivity index (χ3v) is 4.63. The summed E-state index contributed by atoms with van der Waals surface area (Å²) in [5.41, 5.74) is 2.05. The van der Waals surface area contributed by atoms with Crippen molar-refractivity contribution in [2.24, 2.45) is 0 Å². The molecule has 0 atom stereocenters. The van der Waals surface area contributed by atoms with Crippen LogP contribution in [-0.4, -0.2) is 17.5 Å². The van der Waals surface area contributed by atoms with E-state index in [1.165, 1.54) is 11.3 Å². The fourth-order valence-electron chi connectivity index (χ4n) is 2.11. The van der Waals surface area contributed by atoms with Crippen molar-refractivity contribution in [3.05, 3.63) is 58.8 Å². The van der Waals surface area contributed by atoms with Crippen LogP contribution in [0, 0.1) is 13.8 Å². The minimum atomic E-state index is -0.164. The minimum Gasteiger partial charge on any atom is -0.484 e. The number of hydrogen-bond acceptors (Lipinski definition) is 5. The molecule has 2 heterocycles. The molecule has 1 aromatic carbocycles. The van der Waals surface area contributed by atoms with Crippen LogP contribution in [0.4, 0.5) is 0 Å². The lowest BCUT2D eigenvalue weighted by Gasteiger charge is -2.07. The van der Waals surface area contributed by atoms with E-state index in [0.717, 1.165) is 26.9 Å². The van der Waals surface area contributed by atoms with Crippen molar-refractivity contribution < 1.29 is 13.9 Å². The van der Waals surface area contributed by atoms with Crippen LogP contribution in [0.1, 0.15) is 16.1 Å². The summed E-state index contributed by atoms with van der Waals surface area (Å²) in [7, 11) is 0. The zero-order valence-corrected chi connectivity index (χ0v) is 14.4. The zero-order valence-electron chi connectivity index (χ0n) is 13.5. The summed E-state index contributed by atoms with van der Waals surface area (Å²) >= 11 is 1.51. The Balaban J connectivity index is 1.52. The van der Waals surface area contributed by atoms with Crippen molar-refractivity contribution in [2.45, 2.75) is 20.4 Å². The van der Waals surface area contributed by atoms with E-state index in [4.69, 9.17) is 9.15 Å². The molecule has 1 amide bonds. The predicted octanol–water partition coefficient (Wildman–Crippen LogP) is 3.72. The van der Waals surface area contributed by atoms with Crippen molar-refractivity contribution in [3.63, 3.8) is 0 Å². The summed E-state index contributed by atoms with van der Waals surface area (Å²) in [4.78, 5) is 17.4. The van der Waals surface area contributed by atoms with Crippen molar-refractivity contribution in [1.82, 2.24) is 10.3 Å². The molecule has 3 aromatic rings. The van der Waals surface area contributed by atoms with Crippen molar-refractivity contribution in [3.8, 4) is 16.5 Å². The Bertz CT molecular complexity index is 807. The van der Waals surface area contributed by atoms with Gasteiger partial charge in [0.05, 0.1) is 18.5 Å². The fraction of sp³-hybridized carbons (Fsp3) is 0.222. The lowest BCUT2D eigenvalue weighted by atomic mass is 10.2. The van der Waals surface area contributed by atoms with Gasteiger partial charge in [0.2, 0.25) is 0 Å². The Morgan fingerprint density at radius 1 is 1.25 bits per heavy atom. The molecule has 0 aliphatic rings. The van der Waals surface area contributed by atoms with Gasteiger partial charge in [-0.05, 0) is 38.1 Å². The van der Waals surface area contributed by atoms with Crippen LogP contribution in [0.2, 0.25) is 0 Å². The Morgan fingerprint density at radius 2 is 2.04 bits per heavy atom. The number of aromatic nitrogens is 1. The average molecular weight is 342 g/mol. The van der Waals surface area contributed by atoms with Crippen LogP contribution in [0.5, 0.6) is 5.75 Å². The average Bonchev–Trinajstić information content (AvgIpc) is 3.22. The molecule has 0 unspecified atom stereocenters. The van der Waals surface area contributed by atoms with E-state index in [9.17, 15) is 4.79 Å². The number of ether oxygens (including phenoxy) is 1. The number of rotatable bonds is 6. The summed E-state index contributed by atoms with van der Waals surface area (Å²) in [6, 6.07) is 11.3. The second kappa shape index (κ2) is 7.31. The first kappa shape index (κ1) is 16.3. The van der Waals surface area contributed by atoms with Gasteiger partial charge in [0.15, 0.2) is 17.4 Å². The number of benzene rings is 1. The van der Waals surface area contributed by atoms with Crippen LogP contribution in [0.3, 0.4) is 0 Å². The van der Waals surface area contributed by atoms with Gasteiger partial charge in [-0.25, -0.2) is 4.98 Å². The molecule has 124 valence electrons. The van der Waals surface area contributed by atoms with E-state index in [0.29, 0.717) is 12.3 Å². The number of furan rings is 1. The van der Waals surface area contributed by atoms with Crippen molar-refractivity contribution in [2.75, 3.05) is 6.61 Å². The molecule has 0 aliphatic heterocycles. The van der Waals surface area contributed by atoms with E-state index in [1.54, 1.807) is 6.26 Å². The summed E-state index contributed by atoms with van der Waals surface area (Å²) in [6.45, 7) is 4.35. The van der Waals surface area contributed by atoms with Crippen LogP contribution in [0.15, 0.2) is 47.1 Å². The normalized spacial score (nSPS) is 10.6. The number of nitrogens with one attached hydrogen (secondary N) is 1. The maximum Gasteiger partial charge on any atom is 0.258 e. The lowest BCUT2D eigenvalue weighted by molar-refractivity contribution is -0.123. The van der Waals surface area contributed by atoms with Gasteiger partial charge in [-0.15, -0.1) is 11.3 Å². The monoisotopic (exact) mass is 342 g/mol. The number of hydrogen-bond donors (Lipinski definition) is 1. The Hall–Kier alpha value is -2.60. The summed E-state index contributed by atoms with van der Waals surface area (Å²) in [5, 5.41) is 3.67. The quantitative estimate of drug-likeness (QED) is 0.741. The highest BCUT2D eigenvalue weighted by Gasteiger charge is 2.12. The molecule has 0 saturated carbocycles. The van der Waals surface area contributed by atoms with Crippen LogP contribution in [0.25, 0.3) is 10.8 Å². The van der Waals surface area contributed by atoms with E-state index < -0.39 is 0 Å². The van der Waals surface area contributed by atoms with Crippen molar-refractivity contribution in [1.29, 1.82) is 0 Å². The lowest BCUT2D eigenvalue weighted by Crippen LogP contribution is -2.28. The molecule has 0 radical (unpaired) electrons. The summed E-state index contributed by atoms with van der Waals surface area (Å²) < 4.78 is 10.8. The second-order valence-corrected chi connectivity index (χ2v) is 6.47. The largest absolute Gasteiger partial charge is 0.484 e. The highest BCUT2D eigenvalue weighted by atomic mass is 32.1. The SMILES string of the molecule is Cc1ccc(OCC(=O)NCc2sc(-c3ccco3)nc2C)cc1. The maximum absolute atomic E-state index is 11.9. The Labute approximate surface area is 144 Å². The standard InChI is InChI=1S/C18H18N2O3S/c1-12-5-7-14(8-6-12)23-11-17(21)19-10-16-13(2)20-18(24-16)15-4-3-9-22-15/h3-9H,10-11H2,1-2H3,(H,19,21). The molecular formula is C18H18N2O3S. The zero-order chi connectivity index (χ0) is 16.9. The van der Waals surface area contributed by atoms with Crippen LogP contribution >= 0.6 is 11.3 Å². The maximum atomic E-state index is 11.9. The molecule has 1 N–H and O–H groups in total. The number of aryl methyl sites for hydroxylation is 2. The Kier molecular flexibility index (Phi) is 4.96. The molecule has 6 heteroatoms. The molecule has 2 aromatic heterocycles. The van der Waals surface area contributed by atoms with Crippen LogP contribution in [-0.2, 0) is 11.3 Å². The molecule has 0 saturated heterocycles. The van der Waals surface area contributed by atoms with Crippen LogP contribution < -0.4 is 10.1 Å². The highest BCUT2D eigenvalue weighted by molar-refractivity contribution is 7.15. The highest BCUT2D eigenvalue weighted by Crippen LogP contribution is 2.28. The van der Waals surface area contributed by atoms with Gasteiger partial charge >= 0.3 is 0 Å². The molecule has 0 spiro atoms. The molecule has 0 aliphatic carbocycles. The number of thiazole rings is 1. The predicted molar refractivity (Wildman–Crippen MR) is 93.1 cm³/mol. The first-order valence-corrected chi connectivity index (χ1v) is 8.40. The van der Waals surface area contributed by atoms with Crippen molar-refractivity contribution >= 4 is 17.2 Å². The second-order valence-electron chi connectivity index (χ2n) is 5.38. The number of nitrogens with zero attached hydrogens (tertiary/aromatic N) is 1. The minimum absolute atomic E-state index is 0.00798. The smallest absolute Gasteiger partial charge is 0.258 e. The fourth-order valence-corrected chi connectivity index (χ4v) is 3.08. The third kappa shape index (κ3) is 4.02. The number of carbonyl (C=O) groups excluding carboxylic acids is 1. The molecule has 24 heavy (non-hydrogen) atoms. The third-order valence-electron chi connectivity index (χ3n) is 3.46. The molecule has 5 nitrogen and oxygen atoms in total. The summed E-state index contributed by atoms with van der Waals surface area (Å²) in [5.74, 6) is 1.26. The number of carbonyl (C=O) groups is 1. The molecule has 0 fully saturated rings. The molecular weight excluding hydrogens is 324 g/mol. The molecule has 0 bridgehead atoms. The summed E-state index contributed by atoms with van der Waals surface area (Å²) in [6.07, 6.45) is 1.62. The van der Waals surface area contributed by atoms with Gasteiger partial charge < -0.3 is 14.5 Å². The molecule has 3 rings (SSSR count). The van der Waals surface area contributed by atoms with E-state index in [-0.39, 0.29) is 12.5 Å². The van der Waals surface area contributed by atoms with E-state index in [2.05, 4.69) is 10.3 Å². The van der Waals surface area contributed by atoms with Gasteiger partial charge in [0, 0.05) is 4.88 Å². The van der Waals surface area contributed by atoms with E-state index in [1.807, 2.05) is 50.2 Å². The van der Waals surface area contributed by atoms with Gasteiger partial charge in [-0.3, -0.25) is 4.79 Å². The number of amides is 1. The topological polar surface area (TPSA) is 64.4 Å². The first-order chi connectivity index (χ1) is 11.6. The van der Waals surface area contributed by atoms with E-state index >= 15 is 0 Å². The van der Waals surface area contributed by atoms with Gasteiger partial charge in [0.25, 0.3) is 5.91 Å². The van der Waals surface area contributed by atoms with Gasteiger partial charge in [-0.2, -0.15) is 0 Å². The first-order valence-electron chi connectivity index (χ1n) is 7.58.